The smallest absolute Gasteiger partial charge is 0.166 e. The van der Waals surface area contributed by atoms with Crippen LogP contribution in [0.4, 0.5) is 0 Å². The Labute approximate surface area is 139 Å². The van der Waals surface area contributed by atoms with Crippen LogP contribution in [0.3, 0.4) is 0 Å². The lowest BCUT2D eigenvalue weighted by Crippen LogP contribution is -3.08. The van der Waals surface area contributed by atoms with Crippen molar-refractivity contribution in [2.45, 2.75) is 25.9 Å². The van der Waals surface area contributed by atoms with Crippen LogP contribution in [0, 0.1) is 0 Å². The number of hydrogen-bond donors (Lipinski definition) is 4. The summed E-state index contributed by atoms with van der Waals surface area (Å²) in [6.45, 7) is 6.59. The van der Waals surface area contributed by atoms with E-state index >= 15 is 0 Å². The molecule has 0 aromatic heterocycles. The quantitative estimate of drug-likeness (QED) is 0.485. The Hall–Kier alpha value is -1.17. The fourth-order valence-electron chi connectivity index (χ4n) is 2.79. The zero-order chi connectivity index (χ0) is 15.8. The summed E-state index contributed by atoms with van der Waals surface area (Å²) in [5.41, 5.74) is 2.72. The van der Waals surface area contributed by atoms with E-state index in [1.807, 2.05) is 0 Å². The molecule has 122 valence electrons. The van der Waals surface area contributed by atoms with E-state index in [1.165, 1.54) is 48.5 Å². The number of thiocarbonyl (C=S) groups is 1. The van der Waals surface area contributed by atoms with Crippen molar-refractivity contribution in [3.63, 3.8) is 0 Å². The second-order valence-corrected chi connectivity index (χ2v) is 6.93. The molecule has 0 saturated carbocycles. The van der Waals surface area contributed by atoms with Crippen LogP contribution < -0.4 is 20.4 Å². The van der Waals surface area contributed by atoms with E-state index in [4.69, 9.17) is 12.2 Å². The zero-order valence-electron chi connectivity index (χ0n) is 13.9. The van der Waals surface area contributed by atoms with Crippen LogP contribution in [-0.2, 0) is 13.1 Å². The Bertz CT molecular complexity index is 452. The van der Waals surface area contributed by atoms with Crippen molar-refractivity contribution in [2.24, 2.45) is 0 Å². The van der Waals surface area contributed by atoms with Crippen molar-refractivity contribution in [3.8, 4) is 0 Å². The van der Waals surface area contributed by atoms with Gasteiger partial charge in [0, 0.05) is 24.9 Å². The monoisotopic (exact) mass is 322 g/mol. The van der Waals surface area contributed by atoms with Gasteiger partial charge in [-0.05, 0) is 17.8 Å². The summed E-state index contributed by atoms with van der Waals surface area (Å²) in [7, 11) is 4.28. The Morgan fingerprint density at radius 3 is 2.36 bits per heavy atom. The van der Waals surface area contributed by atoms with Gasteiger partial charge < -0.3 is 20.4 Å². The van der Waals surface area contributed by atoms with Gasteiger partial charge in [0.2, 0.25) is 0 Å². The lowest BCUT2D eigenvalue weighted by molar-refractivity contribution is -0.901. The third kappa shape index (κ3) is 6.30. The van der Waals surface area contributed by atoms with Crippen molar-refractivity contribution in [2.75, 3.05) is 40.3 Å². The van der Waals surface area contributed by atoms with Gasteiger partial charge in [0.1, 0.15) is 6.54 Å². The van der Waals surface area contributed by atoms with Gasteiger partial charge in [0.15, 0.2) is 5.11 Å². The van der Waals surface area contributed by atoms with Gasteiger partial charge in [0.05, 0.1) is 40.3 Å². The third-order valence-corrected chi connectivity index (χ3v) is 4.44. The molecule has 2 rings (SSSR count). The summed E-state index contributed by atoms with van der Waals surface area (Å²) in [5.74, 6) is 0. The van der Waals surface area contributed by atoms with Gasteiger partial charge in [-0.1, -0.05) is 24.3 Å². The standard InChI is InChI=1S/C17H28N4S/c1-20(2)12-9-18-17(22)19-13-15-5-7-16(8-6-15)14-21-10-3-4-11-21/h5-8H,3-4,9-14H2,1-2H3,(H2,18,19,22)/p+2. The number of quaternary nitrogens is 2. The molecular weight excluding hydrogens is 292 g/mol. The number of likely N-dealkylation sites (N-methyl/N-ethyl adjacent to an activating group) is 1. The molecule has 1 heterocycles. The highest BCUT2D eigenvalue weighted by atomic mass is 32.1. The minimum atomic E-state index is 0.742. The second kappa shape index (κ2) is 9.08. The van der Waals surface area contributed by atoms with Gasteiger partial charge in [-0.2, -0.15) is 0 Å². The van der Waals surface area contributed by atoms with Crippen molar-refractivity contribution in [1.82, 2.24) is 10.6 Å². The highest BCUT2D eigenvalue weighted by Crippen LogP contribution is 2.04. The van der Waals surface area contributed by atoms with Crippen LogP contribution in [0.15, 0.2) is 24.3 Å². The predicted octanol–water partition coefficient (Wildman–Crippen LogP) is -1.03. The van der Waals surface area contributed by atoms with Gasteiger partial charge in [-0.15, -0.1) is 0 Å². The van der Waals surface area contributed by atoms with Crippen molar-refractivity contribution < 1.29 is 9.80 Å². The highest BCUT2D eigenvalue weighted by Gasteiger charge is 2.15. The fraction of sp³-hybridized carbons (Fsp3) is 0.588. The van der Waals surface area contributed by atoms with Crippen LogP contribution in [0.5, 0.6) is 0 Å². The van der Waals surface area contributed by atoms with Crippen LogP contribution >= 0.6 is 12.2 Å². The minimum absolute atomic E-state index is 0.742. The molecule has 1 saturated heterocycles. The molecule has 0 amide bonds. The maximum Gasteiger partial charge on any atom is 0.166 e. The molecule has 0 spiro atoms. The molecule has 1 aliphatic heterocycles. The molecule has 4 N–H and O–H groups in total. The Kier molecular flexibility index (Phi) is 7.09. The number of benzene rings is 1. The molecule has 4 nitrogen and oxygen atoms in total. The maximum absolute atomic E-state index is 5.29. The Morgan fingerprint density at radius 2 is 1.73 bits per heavy atom. The molecule has 1 fully saturated rings. The number of likely N-dealkylation sites (tertiary alicyclic amines) is 1. The second-order valence-electron chi connectivity index (χ2n) is 6.52. The molecule has 0 aliphatic carbocycles. The largest absolute Gasteiger partial charge is 0.359 e. The van der Waals surface area contributed by atoms with Gasteiger partial charge >= 0.3 is 0 Å². The Balaban J connectivity index is 1.68. The van der Waals surface area contributed by atoms with Crippen LogP contribution in [0.2, 0.25) is 0 Å². The average molecular weight is 323 g/mol. The molecular formula is C17H30N4S+2. The normalized spacial score (nSPS) is 15.2. The minimum Gasteiger partial charge on any atom is -0.359 e. The topological polar surface area (TPSA) is 32.9 Å². The van der Waals surface area contributed by atoms with E-state index in [9.17, 15) is 0 Å². The molecule has 0 atom stereocenters. The summed E-state index contributed by atoms with van der Waals surface area (Å²) in [4.78, 5) is 3.14. The third-order valence-electron chi connectivity index (χ3n) is 4.15. The van der Waals surface area contributed by atoms with Crippen molar-refractivity contribution >= 4 is 17.3 Å². The van der Waals surface area contributed by atoms with E-state index in [-0.39, 0.29) is 0 Å². The first-order valence-corrected chi connectivity index (χ1v) is 8.76. The first-order valence-electron chi connectivity index (χ1n) is 8.35. The number of nitrogens with one attached hydrogen (secondary N) is 4. The Morgan fingerprint density at radius 1 is 1.09 bits per heavy atom. The van der Waals surface area contributed by atoms with Crippen molar-refractivity contribution in [3.05, 3.63) is 35.4 Å². The van der Waals surface area contributed by atoms with Gasteiger partial charge in [-0.25, -0.2) is 0 Å². The molecule has 0 bridgehead atoms. The first kappa shape index (κ1) is 17.2. The molecule has 1 aliphatic rings. The van der Waals surface area contributed by atoms with Crippen molar-refractivity contribution in [1.29, 1.82) is 0 Å². The molecule has 1 aromatic carbocycles. The summed E-state index contributed by atoms with van der Waals surface area (Å²) < 4.78 is 0. The zero-order valence-corrected chi connectivity index (χ0v) is 14.7. The summed E-state index contributed by atoms with van der Waals surface area (Å²) in [6, 6.07) is 8.94. The maximum atomic E-state index is 5.29. The SMILES string of the molecule is C[NH+](C)CCNC(=S)NCc1ccc(C[NH+]2CCCC2)cc1. The van der Waals surface area contributed by atoms with E-state index in [0.717, 1.165) is 24.7 Å². The van der Waals surface area contributed by atoms with Crippen LogP contribution in [-0.4, -0.2) is 45.4 Å². The number of rotatable bonds is 7. The number of hydrogen-bond acceptors (Lipinski definition) is 1. The van der Waals surface area contributed by atoms with E-state index in [0.29, 0.717) is 0 Å². The first-order chi connectivity index (χ1) is 10.6. The summed E-state index contributed by atoms with van der Waals surface area (Å²) >= 11 is 5.29. The van der Waals surface area contributed by atoms with E-state index in [2.05, 4.69) is 49.0 Å². The van der Waals surface area contributed by atoms with E-state index < -0.39 is 0 Å². The molecule has 0 radical (unpaired) electrons. The van der Waals surface area contributed by atoms with Gasteiger partial charge in [-0.3, -0.25) is 0 Å². The molecule has 1 aromatic rings. The van der Waals surface area contributed by atoms with E-state index in [1.54, 1.807) is 4.90 Å². The summed E-state index contributed by atoms with van der Waals surface area (Å²) in [6.07, 6.45) is 2.77. The van der Waals surface area contributed by atoms with Gasteiger partial charge in [0.25, 0.3) is 0 Å². The lowest BCUT2D eigenvalue weighted by atomic mass is 10.1. The molecule has 0 unspecified atom stereocenters. The highest BCUT2D eigenvalue weighted by molar-refractivity contribution is 7.80. The summed E-state index contributed by atoms with van der Waals surface area (Å²) in [5, 5.41) is 7.25. The molecule has 5 heteroatoms. The lowest BCUT2D eigenvalue weighted by Gasteiger charge is -2.13. The predicted molar refractivity (Wildman–Crippen MR) is 95.2 cm³/mol. The molecule has 22 heavy (non-hydrogen) atoms. The fourth-order valence-corrected chi connectivity index (χ4v) is 2.96. The van der Waals surface area contributed by atoms with Crippen LogP contribution in [0.25, 0.3) is 0 Å². The van der Waals surface area contributed by atoms with Crippen LogP contribution in [0.1, 0.15) is 24.0 Å². The average Bonchev–Trinajstić information content (AvgIpc) is 2.99.